The van der Waals surface area contributed by atoms with Crippen molar-refractivity contribution in [1.82, 2.24) is 35.2 Å². The number of hydrogen-bond acceptors (Lipinski definition) is 6. The Bertz CT molecular complexity index is 1120. The number of rotatable bonds is 5. The summed E-state index contributed by atoms with van der Waals surface area (Å²) in [4.78, 5) is 24.6. The molecule has 152 valence electrons. The predicted molar refractivity (Wildman–Crippen MR) is 115 cm³/mol. The second-order valence-corrected chi connectivity index (χ2v) is 7.67. The molecule has 0 bridgehead atoms. The van der Waals surface area contributed by atoms with Gasteiger partial charge in [0.2, 0.25) is 0 Å². The summed E-state index contributed by atoms with van der Waals surface area (Å²) >= 11 is 0. The minimum atomic E-state index is -0.118. The van der Waals surface area contributed by atoms with Gasteiger partial charge >= 0.3 is 0 Å². The molecule has 1 aliphatic rings. The first-order valence-corrected chi connectivity index (χ1v) is 10.2. The van der Waals surface area contributed by atoms with E-state index in [0.29, 0.717) is 6.04 Å². The SMILES string of the molecule is C[C@H](N)c1ncc(-c2ccc(-c3cnc(-c4cnc([C@@H]5CCCN5)[nH]4)cn3)cc2)[nH]1. The Morgan fingerprint density at radius 3 is 2.27 bits per heavy atom. The van der Waals surface area contributed by atoms with Gasteiger partial charge in [-0.15, -0.1) is 0 Å². The van der Waals surface area contributed by atoms with Crippen LogP contribution in [0.25, 0.3) is 33.9 Å². The second kappa shape index (κ2) is 7.81. The lowest BCUT2D eigenvalue weighted by Gasteiger charge is -2.06. The molecule has 0 saturated carbocycles. The van der Waals surface area contributed by atoms with E-state index in [4.69, 9.17) is 5.73 Å². The van der Waals surface area contributed by atoms with Crippen molar-refractivity contribution < 1.29 is 0 Å². The molecule has 1 aromatic carbocycles. The molecule has 0 spiro atoms. The van der Waals surface area contributed by atoms with Crippen LogP contribution in [0.4, 0.5) is 0 Å². The first-order chi connectivity index (χ1) is 14.7. The van der Waals surface area contributed by atoms with Crippen LogP contribution in [0.5, 0.6) is 0 Å². The topological polar surface area (TPSA) is 121 Å². The zero-order chi connectivity index (χ0) is 20.5. The van der Waals surface area contributed by atoms with Gasteiger partial charge in [0.25, 0.3) is 0 Å². The van der Waals surface area contributed by atoms with E-state index in [-0.39, 0.29) is 6.04 Å². The summed E-state index contributed by atoms with van der Waals surface area (Å²) in [6, 6.07) is 8.34. The van der Waals surface area contributed by atoms with Crippen molar-refractivity contribution in [3.63, 3.8) is 0 Å². The van der Waals surface area contributed by atoms with Crippen LogP contribution in [-0.4, -0.2) is 36.4 Å². The zero-order valence-electron chi connectivity index (χ0n) is 16.8. The number of hydrogen-bond donors (Lipinski definition) is 4. The van der Waals surface area contributed by atoms with Crippen molar-refractivity contribution in [2.24, 2.45) is 5.73 Å². The summed E-state index contributed by atoms with van der Waals surface area (Å²) in [6.45, 7) is 2.95. The van der Waals surface area contributed by atoms with Crippen LogP contribution in [0, 0.1) is 0 Å². The Kier molecular flexibility index (Phi) is 4.86. The fourth-order valence-corrected chi connectivity index (χ4v) is 3.71. The highest BCUT2D eigenvalue weighted by molar-refractivity contribution is 5.66. The van der Waals surface area contributed by atoms with Gasteiger partial charge in [-0.1, -0.05) is 24.3 Å². The van der Waals surface area contributed by atoms with E-state index >= 15 is 0 Å². The number of H-pyrrole nitrogens is 2. The molecule has 30 heavy (non-hydrogen) atoms. The number of nitrogens with one attached hydrogen (secondary N) is 3. The van der Waals surface area contributed by atoms with Gasteiger partial charge in [0.05, 0.1) is 54.0 Å². The molecule has 5 N–H and O–H groups in total. The van der Waals surface area contributed by atoms with Crippen LogP contribution >= 0.6 is 0 Å². The molecule has 0 radical (unpaired) electrons. The Balaban J connectivity index is 1.32. The smallest absolute Gasteiger partial charge is 0.123 e. The van der Waals surface area contributed by atoms with Crippen LogP contribution in [0.15, 0.2) is 49.1 Å². The number of nitrogens with zero attached hydrogens (tertiary/aromatic N) is 4. The van der Waals surface area contributed by atoms with Gasteiger partial charge in [-0.2, -0.15) is 0 Å². The molecule has 2 atom stereocenters. The van der Waals surface area contributed by atoms with Crippen molar-refractivity contribution >= 4 is 0 Å². The zero-order valence-corrected chi connectivity index (χ0v) is 16.8. The van der Waals surface area contributed by atoms with Crippen molar-refractivity contribution in [2.45, 2.75) is 31.8 Å². The third kappa shape index (κ3) is 3.62. The van der Waals surface area contributed by atoms with Crippen molar-refractivity contribution in [2.75, 3.05) is 6.54 Å². The summed E-state index contributed by atoms with van der Waals surface area (Å²) in [6.07, 6.45) is 9.51. The standard InChI is InChI=1S/C22H24N8/c1-13(23)21-27-10-18(29-21)15-6-4-14(5-7-15)17-9-26-19(11-25-17)20-12-28-22(30-20)16-3-2-8-24-16/h4-7,9-13,16,24H,2-3,8,23H2,1H3,(H,27,29)(H,28,30)/t13-,16-/m0/s1. The number of benzene rings is 1. The van der Waals surface area contributed by atoms with Gasteiger partial charge in [0.1, 0.15) is 17.3 Å². The molecule has 1 fully saturated rings. The minimum absolute atomic E-state index is 0.118. The van der Waals surface area contributed by atoms with E-state index in [1.54, 1.807) is 12.4 Å². The molecule has 1 saturated heterocycles. The van der Waals surface area contributed by atoms with Gasteiger partial charge in [-0.05, 0) is 31.9 Å². The maximum Gasteiger partial charge on any atom is 0.123 e. The van der Waals surface area contributed by atoms with Crippen molar-refractivity contribution in [3.05, 3.63) is 60.7 Å². The van der Waals surface area contributed by atoms with E-state index in [0.717, 1.165) is 58.5 Å². The molecule has 3 aromatic heterocycles. The fraction of sp³-hybridized carbons (Fsp3) is 0.273. The quantitative estimate of drug-likeness (QED) is 0.407. The molecule has 4 heterocycles. The third-order valence-electron chi connectivity index (χ3n) is 5.43. The van der Waals surface area contributed by atoms with E-state index in [2.05, 4.69) is 35.2 Å². The van der Waals surface area contributed by atoms with Crippen LogP contribution in [0.1, 0.15) is 43.5 Å². The van der Waals surface area contributed by atoms with Gasteiger partial charge in [-0.3, -0.25) is 9.97 Å². The first kappa shape index (κ1) is 18.7. The molecule has 0 amide bonds. The lowest BCUT2D eigenvalue weighted by atomic mass is 10.1. The lowest BCUT2D eigenvalue weighted by Crippen LogP contribution is -2.14. The Hall–Kier alpha value is -3.36. The third-order valence-corrected chi connectivity index (χ3v) is 5.43. The summed E-state index contributed by atoms with van der Waals surface area (Å²) < 4.78 is 0. The van der Waals surface area contributed by atoms with Crippen LogP contribution < -0.4 is 11.1 Å². The molecule has 4 aromatic rings. The van der Waals surface area contributed by atoms with Gasteiger partial charge in [0, 0.05) is 5.56 Å². The van der Waals surface area contributed by atoms with Crippen LogP contribution in [0.3, 0.4) is 0 Å². The normalized spacial score (nSPS) is 17.3. The van der Waals surface area contributed by atoms with E-state index in [1.807, 2.05) is 43.6 Å². The highest BCUT2D eigenvalue weighted by atomic mass is 15.0. The van der Waals surface area contributed by atoms with Gasteiger partial charge in [0.15, 0.2) is 0 Å². The van der Waals surface area contributed by atoms with Gasteiger partial charge in [-0.25, -0.2) is 9.97 Å². The van der Waals surface area contributed by atoms with E-state index in [1.165, 1.54) is 6.42 Å². The summed E-state index contributed by atoms with van der Waals surface area (Å²) in [5.41, 5.74) is 11.4. The highest BCUT2D eigenvalue weighted by Crippen LogP contribution is 2.25. The molecule has 8 heteroatoms. The molecular formula is C22H24N8. The van der Waals surface area contributed by atoms with Crippen LogP contribution in [-0.2, 0) is 0 Å². The molecule has 0 unspecified atom stereocenters. The highest BCUT2D eigenvalue weighted by Gasteiger charge is 2.19. The van der Waals surface area contributed by atoms with Crippen molar-refractivity contribution in [3.8, 4) is 33.9 Å². The van der Waals surface area contributed by atoms with E-state index < -0.39 is 0 Å². The number of aromatic amines is 2. The largest absolute Gasteiger partial charge is 0.341 e. The average Bonchev–Trinajstić information content (AvgIpc) is 3.55. The maximum atomic E-state index is 5.87. The Morgan fingerprint density at radius 2 is 1.60 bits per heavy atom. The summed E-state index contributed by atoms with van der Waals surface area (Å²) in [5.74, 6) is 1.75. The predicted octanol–water partition coefficient (Wildman–Crippen LogP) is 3.37. The summed E-state index contributed by atoms with van der Waals surface area (Å²) in [5, 5.41) is 3.45. The molecule has 1 aliphatic heterocycles. The molecule has 5 rings (SSSR count). The second-order valence-electron chi connectivity index (χ2n) is 7.67. The number of imidazole rings is 2. The lowest BCUT2D eigenvalue weighted by molar-refractivity contribution is 0.613. The Morgan fingerprint density at radius 1 is 0.867 bits per heavy atom. The molecule has 8 nitrogen and oxygen atoms in total. The van der Waals surface area contributed by atoms with Crippen LogP contribution in [0.2, 0.25) is 0 Å². The Labute approximate surface area is 174 Å². The number of aromatic nitrogens is 6. The van der Waals surface area contributed by atoms with Gasteiger partial charge < -0.3 is 21.0 Å². The molecule has 0 aliphatic carbocycles. The molecular weight excluding hydrogens is 376 g/mol. The summed E-state index contributed by atoms with van der Waals surface area (Å²) in [7, 11) is 0. The number of nitrogens with two attached hydrogens (primary N) is 1. The monoisotopic (exact) mass is 400 g/mol. The van der Waals surface area contributed by atoms with Crippen molar-refractivity contribution in [1.29, 1.82) is 0 Å². The van der Waals surface area contributed by atoms with E-state index in [9.17, 15) is 0 Å². The maximum absolute atomic E-state index is 5.87. The average molecular weight is 400 g/mol. The first-order valence-electron chi connectivity index (χ1n) is 10.2. The minimum Gasteiger partial charge on any atom is -0.341 e. The fourth-order valence-electron chi connectivity index (χ4n) is 3.71.